The molecular weight excluding hydrogens is 456 g/mol. The highest BCUT2D eigenvalue weighted by Gasteiger charge is 2.36. The van der Waals surface area contributed by atoms with E-state index in [9.17, 15) is 14.7 Å². The van der Waals surface area contributed by atoms with Gasteiger partial charge < -0.3 is 14.8 Å². The maximum atomic E-state index is 13.4. The smallest absolute Gasteiger partial charge is 0.257 e. The Kier molecular flexibility index (Phi) is 6.86. The average molecular weight is 487 g/mol. The Bertz CT molecular complexity index is 1240. The molecule has 186 valence electrons. The second-order valence-electron chi connectivity index (χ2n) is 9.44. The fourth-order valence-corrected chi connectivity index (χ4v) is 4.79. The van der Waals surface area contributed by atoms with E-state index in [2.05, 4.69) is 10.2 Å². The van der Waals surface area contributed by atoms with Crippen LogP contribution in [0.1, 0.15) is 42.2 Å². The second kappa shape index (κ2) is 10.4. The highest BCUT2D eigenvalue weighted by atomic mass is 16.3. The lowest BCUT2D eigenvalue weighted by atomic mass is 9.95. The molecule has 0 bridgehead atoms. The van der Waals surface area contributed by atoms with E-state index >= 15 is 0 Å². The Morgan fingerprint density at radius 3 is 2.50 bits per heavy atom. The molecule has 2 amide bonds. The maximum absolute atomic E-state index is 13.4. The van der Waals surface area contributed by atoms with Gasteiger partial charge in [-0.2, -0.15) is 5.10 Å². The van der Waals surface area contributed by atoms with Crippen LogP contribution in [-0.4, -0.2) is 52.2 Å². The van der Waals surface area contributed by atoms with E-state index in [-0.39, 0.29) is 36.1 Å². The molecule has 3 heterocycles. The van der Waals surface area contributed by atoms with Crippen molar-refractivity contribution in [1.29, 1.82) is 0 Å². The maximum Gasteiger partial charge on any atom is 0.257 e. The number of hydrogen-bond acceptors (Lipinski definition) is 6. The normalized spacial score (nSPS) is 18.8. The average Bonchev–Trinajstić information content (AvgIpc) is 3.57. The van der Waals surface area contributed by atoms with Gasteiger partial charge in [-0.15, -0.1) is 0 Å². The number of aryl methyl sites for hydroxylation is 1. The van der Waals surface area contributed by atoms with Crippen LogP contribution in [0.2, 0.25) is 0 Å². The number of anilines is 1. The summed E-state index contributed by atoms with van der Waals surface area (Å²) < 4.78 is 5.65. The third-order valence-corrected chi connectivity index (χ3v) is 6.90. The first-order valence-corrected chi connectivity index (χ1v) is 12.3. The van der Waals surface area contributed by atoms with Crippen molar-refractivity contribution in [2.45, 2.75) is 32.2 Å². The molecule has 2 aromatic carbocycles. The molecule has 8 nitrogen and oxygen atoms in total. The van der Waals surface area contributed by atoms with Gasteiger partial charge in [-0.1, -0.05) is 42.0 Å². The molecule has 0 saturated carbocycles. The van der Waals surface area contributed by atoms with Gasteiger partial charge in [-0.05, 0) is 62.7 Å². The summed E-state index contributed by atoms with van der Waals surface area (Å²) >= 11 is 0. The number of hydrazone groups is 1. The first-order chi connectivity index (χ1) is 17.5. The van der Waals surface area contributed by atoms with Gasteiger partial charge in [0.25, 0.3) is 5.91 Å². The summed E-state index contributed by atoms with van der Waals surface area (Å²) in [6.07, 6.45) is 3.50. The van der Waals surface area contributed by atoms with E-state index in [1.54, 1.807) is 35.5 Å². The highest BCUT2D eigenvalue weighted by molar-refractivity contribution is 6.03. The number of carbonyl (C=O) groups is 2. The molecule has 5 rings (SSSR count). The number of para-hydroxylation sites is 2. The van der Waals surface area contributed by atoms with Gasteiger partial charge in [-0.3, -0.25) is 14.5 Å². The third-order valence-electron chi connectivity index (χ3n) is 6.90. The van der Waals surface area contributed by atoms with Crippen LogP contribution in [0, 0.1) is 12.8 Å². The molecular formula is C28H30N4O4. The van der Waals surface area contributed by atoms with E-state index in [4.69, 9.17) is 9.52 Å². The Morgan fingerprint density at radius 2 is 1.81 bits per heavy atom. The third kappa shape index (κ3) is 5.18. The molecule has 8 heteroatoms. The van der Waals surface area contributed by atoms with Crippen LogP contribution in [0.3, 0.4) is 0 Å². The van der Waals surface area contributed by atoms with Crippen molar-refractivity contribution in [3.63, 3.8) is 0 Å². The Balaban J connectivity index is 1.21. The molecule has 2 aliphatic rings. The quantitative estimate of drug-likeness (QED) is 0.506. The van der Waals surface area contributed by atoms with Crippen LogP contribution in [0.5, 0.6) is 5.75 Å². The molecule has 0 aliphatic carbocycles. The number of carbonyl (C=O) groups excluding carboxylic acids is 2. The predicted octanol–water partition coefficient (Wildman–Crippen LogP) is 4.32. The molecule has 1 aromatic heterocycles. The van der Waals surface area contributed by atoms with Crippen LogP contribution in [0.4, 0.5) is 5.69 Å². The summed E-state index contributed by atoms with van der Waals surface area (Å²) in [5.74, 6) is 0.414. The van der Waals surface area contributed by atoms with E-state index < -0.39 is 0 Å². The van der Waals surface area contributed by atoms with Gasteiger partial charge in [0.2, 0.25) is 5.91 Å². The van der Waals surface area contributed by atoms with E-state index in [0.717, 1.165) is 11.3 Å². The van der Waals surface area contributed by atoms with Crippen molar-refractivity contribution in [2.24, 2.45) is 11.0 Å². The number of hydrogen-bond donors (Lipinski definition) is 2. The SMILES string of the molecule is Cc1ccc(C2=NN(C(=O)CN3CCC(C(=O)Nc4ccccc4O)CC3)[C@@H](c3ccco3)C2)cc1. The first-order valence-electron chi connectivity index (χ1n) is 12.3. The van der Waals surface area contributed by atoms with Crippen LogP contribution in [-0.2, 0) is 9.59 Å². The molecule has 1 saturated heterocycles. The van der Waals surface area contributed by atoms with Crippen LogP contribution < -0.4 is 5.32 Å². The molecule has 1 atom stereocenters. The van der Waals surface area contributed by atoms with Crippen molar-refractivity contribution < 1.29 is 19.1 Å². The fourth-order valence-electron chi connectivity index (χ4n) is 4.79. The molecule has 3 aromatic rings. The molecule has 2 aliphatic heterocycles. The van der Waals surface area contributed by atoms with Crippen LogP contribution in [0.15, 0.2) is 76.4 Å². The number of amides is 2. The van der Waals surface area contributed by atoms with E-state index in [1.165, 1.54) is 5.56 Å². The fraction of sp³-hybridized carbons (Fsp3) is 0.321. The lowest BCUT2D eigenvalue weighted by Gasteiger charge is -2.32. The van der Waals surface area contributed by atoms with Crippen molar-refractivity contribution in [3.8, 4) is 5.75 Å². The zero-order valence-electron chi connectivity index (χ0n) is 20.3. The van der Waals surface area contributed by atoms with Gasteiger partial charge in [0.15, 0.2) is 0 Å². The Hall–Kier alpha value is -3.91. The lowest BCUT2D eigenvalue weighted by Crippen LogP contribution is -2.43. The Morgan fingerprint density at radius 1 is 1.06 bits per heavy atom. The zero-order chi connectivity index (χ0) is 25.1. The monoisotopic (exact) mass is 486 g/mol. The van der Waals surface area contributed by atoms with Crippen molar-refractivity contribution in [2.75, 3.05) is 25.0 Å². The number of phenols is 1. The highest BCUT2D eigenvalue weighted by Crippen LogP contribution is 2.33. The van der Waals surface area contributed by atoms with Crippen molar-refractivity contribution in [3.05, 3.63) is 83.8 Å². The minimum atomic E-state index is -0.273. The summed E-state index contributed by atoms with van der Waals surface area (Å²) in [7, 11) is 0. The molecule has 0 spiro atoms. The van der Waals surface area contributed by atoms with Crippen LogP contribution in [0.25, 0.3) is 0 Å². The number of benzene rings is 2. The van der Waals surface area contributed by atoms with Crippen molar-refractivity contribution >= 4 is 23.2 Å². The predicted molar refractivity (Wildman–Crippen MR) is 137 cm³/mol. The number of likely N-dealkylation sites (tertiary alicyclic amines) is 1. The van der Waals surface area contributed by atoms with Gasteiger partial charge in [-0.25, -0.2) is 5.01 Å². The number of rotatable bonds is 6. The molecule has 2 N–H and O–H groups in total. The minimum absolute atomic E-state index is 0.0520. The van der Waals surface area contributed by atoms with Gasteiger partial charge in [0.1, 0.15) is 17.6 Å². The summed E-state index contributed by atoms with van der Waals surface area (Å²) in [4.78, 5) is 28.1. The topological polar surface area (TPSA) is 98.4 Å². The number of piperidine rings is 1. The summed E-state index contributed by atoms with van der Waals surface area (Å²) in [5.41, 5.74) is 3.46. The molecule has 1 fully saturated rings. The van der Waals surface area contributed by atoms with Crippen molar-refractivity contribution in [1.82, 2.24) is 9.91 Å². The number of furan rings is 1. The number of aromatic hydroxyl groups is 1. The zero-order valence-corrected chi connectivity index (χ0v) is 20.3. The minimum Gasteiger partial charge on any atom is -0.506 e. The Labute approximate surface area is 210 Å². The largest absolute Gasteiger partial charge is 0.506 e. The van der Waals surface area contributed by atoms with Gasteiger partial charge in [0, 0.05) is 12.3 Å². The van der Waals surface area contributed by atoms with E-state index in [1.807, 2.05) is 43.3 Å². The van der Waals surface area contributed by atoms with Crippen LogP contribution >= 0.6 is 0 Å². The molecule has 0 radical (unpaired) electrons. The summed E-state index contributed by atoms with van der Waals surface area (Å²) in [6, 6.07) is 18.3. The number of nitrogens with zero attached hydrogens (tertiary/aromatic N) is 3. The number of nitrogens with one attached hydrogen (secondary N) is 1. The van der Waals surface area contributed by atoms with Gasteiger partial charge >= 0.3 is 0 Å². The lowest BCUT2D eigenvalue weighted by molar-refractivity contribution is -0.135. The van der Waals surface area contributed by atoms with E-state index in [0.29, 0.717) is 43.8 Å². The summed E-state index contributed by atoms with van der Waals surface area (Å²) in [6.45, 7) is 3.55. The second-order valence-corrected chi connectivity index (χ2v) is 9.44. The molecule has 0 unspecified atom stereocenters. The first kappa shape index (κ1) is 23.8. The standard InChI is InChI=1S/C28H30N4O4/c1-19-8-10-20(11-9-19)23-17-24(26-7-4-16-36-26)32(30-23)27(34)18-31-14-12-21(13-15-31)28(35)29-22-5-2-3-6-25(22)33/h2-11,16,21,24,33H,12-15,17-18H2,1H3,(H,29,35)/t24-/m1/s1. The summed E-state index contributed by atoms with van der Waals surface area (Å²) in [5, 5.41) is 19.0. The molecule has 36 heavy (non-hydrogen) atoms. The number of phenolic OH excluding ortho intramolecular Hbond substituents is 1. The van der Waals surface area contributed by atoms with Gasteiger partial charge in [0.05, 0.1) is 24.2 Å².